The van der Waals surface area contributed by atoms with Crippen LogP contribution in [0.5, 0.6) is 0 Å². The van der Waals surface area contributed by atoms with Crippen molar-refractivity contribution in [2.75, 3.05) is 5.32 Å². The van der Waals surface area contributed by atoms with Crippen LogP contribution < -0.4 is 16.6 Å². The van der Waals surface area contributed by atoms with E-state index in [1.165, 1.54) is 29.0 Å². The second-order valence-electron chi connectivity index (χ2n) is 7.04. The minimum Gasteiger partial charge on any atom is -0.336 e. The summed E-state index contributed by atoms with van der Waals surface area (Å²) >= 11 is 1.31. The van der Waals surface area contributed by atoms with E-state index in [4.69, 9.17) is 0 Å². The minimum absolute atomic E-state index is 0.104. The van der Waals surface area contributed by atoms with Crippen LogP contribution in [0, 0.1) is 12.7 Å². The number of halogens is 1. The molecule has 0 aliphatic heterocycles. The van der Waals surface area contributed by atoms with E-state index in [1.54, 1.807) is 18.2 Å². The van der Waals surface area contributed by atoms with Gasteiger partial charge in [-0.25, -0.2) is 19.2 Å². The fourth-order valence-electron chi connectivity index (χ4n) is 3.14. The van der Waals surface area contributed by atoms with Crippen molar-refractivity contribution in [2.45, 2.75) is 26.2 Å². The summed E-state index contributed by atoms with van der Waals surface area (Å²) in [7, 11) is 1.50. The minimum atomic E-state index is -0.557. The van der Waals surface area contributed by atoms with Gasteiger partial charge in [-0.3, -0.25) is 19.1 Å². The summed E-state index contributed by atoms with van der Waals surface area (Å²) in [6.45, 7) is 1.82. The number of fused-ring (bicyclic) bond motifs is 1. The number of carbonyl (C=O) groups excluding carboxylic acids is 1. The number of H-pyrrole nitrogens is 2. The van der Waals surface area contributed by atoms with Gasteiger partial charge in [-0.05, 0) is 18.6 Å². The number of nitrogens with zero attached hydrogens (tertiary/aromatic N) is 3. The molecule has 1 aromatic carbocycles. The average molecular weight is 442 g/mol. The number of carbonyl (C=O) groups is 1. The Balaban J connectivity index is 1.42. The Kier molecular flexibility index (Phi) is 5.51. The lowest BCUT2D eigenvalue weighted by Crippen LogP contribution is -2.28. The number of aryl methyl sites for hydroxylation is 3. The van der Waals surface area contributed by atoms with Crippen molar-refractivity contribution in [1.82, 2.24) is 24.5 Å². The maximum atomic E-state index is 13.9. The number of amides is 1. The lowest BCUT2D eigenvalue weighted by atomic mass is 10.1. The Hall–Kier alpha value is -3.60. The number of benzene rings is 1. The van der Waals surface area contributed by atoms with E-state index in [2.05, 4.69) is 25.3 Å². The molecule has 0 unspecified atom stereocenters. The molecule has 1 amide bonds. The first-order valence-electron chi connectivity index (χ1n) is 9.49. The zero-order chi connectivity index (χ0) is 22.1. The molecule has 0 saturated carbocycles. The quantitative estimate of drug-likeness (QED) is 0.421. The number of aromatic nitrogens is 5. The molecule has 0 bridgehead atoms. The van der Waals surface area contributed by atoms with Crippen molar-refractivity contribution >= 4 is 33.5 Å². The lowest BCUT2D eigenvalue weighted by Gasteiger charge is -2.01. The Morgan fingerprint density at radius 2 is 2.00 bits per heavy atom. The lowest BCUT2D eigenvalue weighted by molar-refractivity contribution is -0.116. The van der Waals surface area contributed by atoms with Crippen molar-refractivity contribution in [3.8, 4) is 0 Å². The second kappa shape index (κ2) is 8.26. The van der Waals surface area contributed by atoms with Gasteiger partial charge < -0.3 is 10.3 Å². The van der Waals surface area contributed by atoms with Gasteiger partial charge in [-0.2, -0.15) is 0 Å². The van der Waals surface area contributed by atoms with E-state index in [-0.39, 0.29) is 35.7 Å². The van der Waals surface area contributed by atoms with Crippen LogP contribution in [0.1, 0.15) is 28.4 Å². The molecule has 0 atom stereocenters. The van der Waals surface area contributed by atoms with Gasteiger partial charge in [0.25, 0.3) is 5.56 Å². The van der Waals surface area contributed by atoms with Crippen LogP contribution in [0.15, 0.2) is 33.9 Å². The summed E-state index contributed by atoms with van der Waals surface area (Å²) in [5.74, 6) is -0.120. The Bertz CT molecular complexity index is 1400. The number of aromatic amines is 2. The number of anilines is 1. The highest BCUT2D eigenvalue weighted by Gasteiger charge is 2.15. The SMILES string of the molecule is Cc1nc(NC(=O)CCc2nc3c([nH]2)c(=O)[nH]c(=O)n3C)sc1Cc1ccccc1F. The maximum Gasteiger partial charge on any atom is 0.329 e. The van der Waals surface area contributed by atoms with Gasteiger partial charge in [0.15, 0.2) is 10.8 Å². The van der Waals surface area contributed by atoms with E-state index in [0.29, 0.717) is 22.9 Å². The topological polar surface area (TPSA) is 126 Å². The van der Waals surface area contributed by atoms with Crippen LogP contribution in [0.2, 0.25) is 0 Å². The molecule has 0 saturated heterocycles. The highest BCUT2D eigenvalue weighted by molar-refractivity contribution is 7.15. The van der Waals surface area contributed by atoms with Crippen molar-refractivity contribution in [2.24, 2.45) is 7.05 Å². The molecule has 3 heterocycles. The van der Waals surface area contributed by atoms with Gasteiger partial charge in [0.1, 0.15) is 17.2 Å². The molecule has 0 aliphatic rings. The van der Waals surface area contributed by atoms with Gasteiger partial charge in [0.2, 0.25) is 5.91 Å². The van der Waals surface area contributed by atoms with E-state index >= 15 is 0 Å². The summed E-state index contributed by atoms with van der Waals surface area (Å²) in [6.07, 6.45) is 0.756. The third kappa shape index (κ3) is 4.31. The van der Waals surface area contributed by atoms with Crippen LogP contribution in [-0.2, 0) is 24.7 Å². The first-order chi connectivity index (χ1) is 14.8. The summed E-state index contributed by atoms with van der Waals surface area (Å²) in [5, 5.41) is 3.19. The predicted octanol–water partition coefficient (Wildman–Crippen LogP) is 2.02. The maximum absolute atomic E-state index is 13.9. The van der Waals surface area contributed by atoms with Gasteiger partial charge in [-0.15, -0.1) is 11.3 Å². The number of imidazole rings is 1. The molecule has 4 rings (SSSR count). The first-order valence-corrected chi connectivity index (χ1v) is 10.3. The van der Waals surface area contributed by atoms with Crippen LogP contribution in [0.4, 0.5) is 9.52 Å². The third-order valence-corrected chi connectivity index (χ3v) is 5.91. The summed E-state index contributed by atoms with van der Waals surface area (Å²) < 4.78 is 15.1. The average Bonchev–Trinajstić information content (AvgIpc) is 3.30. The first kappa shape index (κ1) is 20.7. The fraction of sp³-hybridized carbons (Fsp3) is 0.250. The molecule has 11 heteroatoms. The summed E-state index contributed by atoms with van der Waals surface area (Å²) in [6, 6.07) is 6.56. The standard InChI is InChI=1S/C20H19FN6O3S/c1-10-13(9-11-5-3-4-6-12(11)21)31-19(22-10)25-15(28)8-7-14-23-16-17(24-14)27(2)20(30)26-18(16)29/h3-6H,7-9H2,1-2H3,(H,23,24)(H,22,25,28)(H,26,29,30). The highest BCUT2D eigenvalue weighted by atomic mass is 32.1. The Morgan fingerprint density at radius 1 is 1.23 bits per heavy atom. The smallest absolute Gasteiger partial charge is 0.329 e. The molecule has 0 spiro atoms. The molecule has 0 aliphatic carbocycles. The molecule has 9 nitrogen and oxygen atoms in total. The molecule has 31 heavy (non-hydrogen) atoms. The summed E-state index contributed by atoms with van der Waals surface area (Å²) in [4.78, 5) is 50.4. The Labute approximate surface area is 179 Å². The molecular formula is C20H19FN6O3S. The molecular weight excluding hydrogens is 423 g/mol. The van der Waals surface area contributed by atoms with Crippen LogP contribution in [0.3, 0.4) is 0 Å². The highest BCUT2D eigenvalue weighted by Crippen LogP contribution is 2.26. The normalized spacial score (nSPS) is 11.2. The van der Waals surface area contributed by atoms with Gasteiger partial charge in [-0.1, -0.05) is 18.2 Å². The van der Waals surface area contributed by atoms with Crippen molar-refractivity contribution in [3.63, 3.8) is 0 Å². The van der Waals surface area contributed by atoms with Gasteiger partial charge in [0.05, 0.1) is 5.69 Å². The number of nitrogens with one attached hydrogen (secondary N) is 3. The zero-order valence-electron chi connectivity index (χ0n) is 16.8. The summed E-state index contributed by atoms with van der Waals surface area (Å²) in [5.41, 5.74) is 0.617. The van der Waals surface area contributed by atoms with Gasteiger partial charge in [0, 0.05) is 31.2 Å². The van der Waals surface area contributed by atoms with Gasteiger partial charge >= 0.3 is 5.69 Å². The second-order valence-corrected chi connectivity index (χ2v) is 8.13. The Morgan fingerprint density at radius 3 is 2.77 bits per heavy atom. The molecule has 3 N–H and O–H groups in total. The number of hydrogen-bond acceptors (Lipinski definition) is 6. The monoisotopic (exact) mass is 442 g/mol. The number of thiazole rings is 1. The number of hydrogen-bond donors (Lipinski definition) is 3. The number of rotatable bonds is 6. The predicted molar refractivity (Wildman–Crippen MR) is 115 cm³/mol. The van der Waals surface area contributed by atoms with E-state index in [1.807, 2.05) is 6.92 Å². The molecule has 0 fully saturated rings. The third-order valence-electron chi connectivity index (χ3n) is 4.84. The van der Waals surface area contributed by atoms with Crippen molar-refractivity contribution in [3.05, 3.63) is 72.9 Å². The van der Waals surface area contributed by atoms with Crippen LogP contribution >= 0.6 is 11.3 Å². The molecule has 3 aromatic heterocycles. The molecule has 4 aromatic rings. The fourth-order valence-corrected chi connectivity index (χ4v) is 4.15. The van der Waals surface area contributed by atoms with Crippen LogP contribution in [0.25, 0.3) is 11.2 Å². The van der Waals surface area contributed by atoms with Crippen molar-refractivity contribution < 1.29 is 9.18 Å². The largest absolute Gasteiger partial charge is 0.336 e. The van der Waals surface area contributed by atoms with Crippen LogP contribution in [-0.4, -0.2) is 30.4 Å². The zero-order valence-corrected chi connectivity index (χ0v) is 17.6. The van der Waals surface area contributed by atoms with E-state index < -0.39 is 11.2 Å². The van der Waals surface area contributed by atoms with E-state index in [0.717, 1.165) is 10.6 Å². The molecule has 160 valence electrons. The van der Waals surface area contributed by atoms with Crippen molar-refractivity contribution in [1.29, 1.82) is 0 Å². The molecule has 0 radical (unpaired) electrons. The van der Waals surface area contributed by atoms with E-state index in [9.17, 15) is 18.8 Å².